The van der Waals surface area contributed by atoms with E-state index in [0.29, 0.717) is 0 Å². The molecule has 4 nitrogen and oxygen atoms in total. The first kappa shape index (κ1) is 14.4. The van der Waals surface area contributed by atoms with Gasteiger partial charge in [-0.05, 0) is 25.7 Å². The average Bonchev–Trinajstić information content (AvgIpc) is 2.86. The number of ether oxygens (including phenoxy) is 1. The molecule has 108 valence electrons. The van der Waals surface area contributed by atoms with Crippen LogP contribution < -0.4 is 0 Å². The summed E-state index contributed by atoms with van der Waals surface area (Å²) in [6.07, 6.45) is 9.72. The van der Waals surface area contributed by atoms with Gasteiger partial charge in [-0.2, -0.15) is 0 Å². The van der Waals surface area contributed by atoms with Crippen molar-refractivity contribution < 1.29 is 14.3 Å². The third-order valence-corrected chi connectivity index (χ3v) is 4.46. The quantitative estimate of drug-likeness (QED) is 0.722. The summed E-state index contributed by atoms with van der Waals surface area (Å²) in [7, 11) is 1.40. The summed E-state index contributed by atoms with van der Waals surface area (Å²) in [6, 6.07) is -0.331. The molecule has 1 atom stereocenters. The van der Waals surface area contributed by atoms with Crippen LogP contribution in [0.25, 0.3) is 0 Å². The molecule has 0 bridgehead atoms. The lowest BCUT2D eigenvalue weighted by molar-refractivity contribution is -0.152. The van der Waals surface area contributed by atoms with Gasteiger partial charge in [-0.15, -0.1) is 0 Å². The van der Waals surface area contributed by atoms with Crippen molar-refractivity contribution in [3.63, 3.8) is 0 Å². The van der Waals surface area contributed by atoms with E-state index in [4.69, 9.17) is 4.74 Å². The molecule has 2 rings (SSSR count). The third kappa shape index (κ3) is 3.48. The lowest BCUT2D eigenvalue weighted by Crippen LogP contribution is -2.44. The first-order valence-electron chi connectivity index (χ1n) is 7.62. The normalized spacial score (nSPS) is 25.7. The number of likely N-dealkylation sites (tertiary alicyclic amines) is 1. The fourth-order valence-corrected chi connectivity index (χ4v) is 3.35. The van der Waals surface area contributed by atoms with E-state index < -0.39 is 0 Å². The molecule has 1 aliphatic heterocycles. The second kappa shape index (κ2) is 6.92. The molecule has 2 aliphatic rings. The summed E-state index contributed by atoms with van der Waals surface area (Å²) in [4.78, 5) is 26.1. The number of hydrogen-bond acceptors (Lipinski definition) is 3. The van der Waals surface area contributed by atoms with Crippen molar-refractivity contribution in [1.82, 2.24) is 4.90 Å². The molecular weight excluding hydrogens is 242 g/mol. The molecule has 0 aromatic carbocycles. The molecule has 1 unspecified atom stereocenters. The van der Waals surface area contributed by atoms with Crippen LogP contribution in [0.1, 0.15) is 57.8 Å². The van der Waals surface area contributed by atoms with Crippen LogP contribution in [0.3, 0.4) is 0 Å². The van der Waals surface area contributed by atoms with Gasteiger partial charge in [0.15, 0.2) is 0 Å². The van der Waals surface area contributed by atoms with E-state index in [0.717, 1.165) is 45.1 Å². The zero-order valence-corrected chi connectivity index (χ0v) is 11.9. The zero-order chi connectivity index (χ0) is 13.7. The van der Waals surface area contributed by atoms with Crippen LogP contribution in [0, 0.1) is 5.92 Å². The zero-order valence-electron chi connectivity index (χ0n) is 11.9. The molecule has 1 heterocycles. The predicted molar refractivity (Wildman–Crippen MR) is 72.6 cm³/mol. The van der Waals surface area contributed by atoms with Crippen molar-refractivity contribution in [2.45, 2.75) is 63.8 Å². The van der Waals surface area contributed by atoms with E-state index in [1.807, 2.05) is 0 Å². The maximum absolute atomic E-state index is 12.6. The summed E-state index contributed by atoms with van der Waals surface area (Å²) >= 11 is 0. The second-order valence-corrected chi connectivity index (χ2v) is 5.75. The van der Waals surface area contributed by atoms with Crippen LogP contribution in [-0.2, 0) is 14.3 Å². The Labute approximate surface area is 115 Å². The lowest BCUT2D eigenvalue weighted by atomic mass is 9.90. The van der Waals surface area contributed by atoms with Crippen LogP contribution in [0.15, 0.2) is 0 Å². The number of hydrogen-bond donors (Lipinski definition) is 0. The van der Waals surface area contributed by atoms with Crippen molar-refractivity contribution in [1.29, 1.82) is 0 Å². The Balaban J connectivity index is 1.98. The Hall–Kier alpha value is -1.06. The van der Waals surface area contributed by atoms with E-state index in [2.05, 4.69) is 0 Å². The van der Waals surface area contributed by atoms with Gasteiger partial charge in [0.1, 0.15) is 6.04 Å². The molecule has 19 heavy (non-hydrogen) atoms. The Morgan fingerprint density at radius 3 is 2.21 bits per heavy atom. The number of nitrogens with zero attached hydrogens (tertiary/aromatic N) is 1. The predicted octanol–water partition coefficient (Wildman–Crippen LogP) is 2.51. The molecular formula is C15H25NO3. The highest BCUT2D eigenvalue weighted by atomic mass is 16.5. The van der Waals surface area contributed by atoms with E-state index in [9.17, 15) is 9.59 Å². The minimum atomic E-state index is -0.331. The summed E-state index contributed by atoms with van der Waals surface area (Å²) in [6.45, 7) is 0.717. The first-order chi connectivity index (χ1) is 9.24. The van der Waals surface area contributed by atoms with Gasteiger partial charge in [-0.1, -0.05) is 32.1 Å². The van der Waals surface area contributed by atoms with Gasteiger partial charge in [-0.3, -0.25) is 4.79 Å². The molecule has 4 heteroatoms. The van der Waals surface area contributed by atoms with Crippen molar-refractivity contribution in [2.24, 2.45) is 5.92 Å². The van der Waals surface area contributed by atoms with Gasteiger partial charge in [0, 0.05) is 12.5 Å². The highest BCUT2D eigenvalue weighted by Crippen LogP contribution is 2.27. The molecule has 1 amide bonds. The monoisotopic (exact) mass is 267 g/mol. The SMILES string of the molecule is COC(=O)C1CCCN1C(=O)C1CCCCCCC1. The smallest absolute Gasteiger partial charge is 0.328 e. The van der Waals surface area contributed by atoms with Crippen LogP contribution in [0.4, 0.5) is 0 Å². The van der Waals surface area contributed by atoms with Gasteiger partial charge < -0.3 is 9.64 Å². The van der Waals surface area contributed by atoms with E-state index in [1.54, 1.807) is 4.90 Å². The molecule has 0 aromatic rings. The minimum Gasteiger partial charge on any atom is -0.467 e. The highest BCUT2D eigenvalue weighted by Gasteiger charge is 2.37. The van der Waals surface area contributed by atoms with E-state index in [-0.39, 0.29) is 23.8 Å². The first-order valence-corrected chi connectivity index (χ1v) is 7.62. The Kier molecular flexibility index (Phi) is 5.23. The lowest BCUT2D eigenvalue weighted by Gasteiger charge is -2.28. The second-order valence-electron chi connectivity index (χ2n) is 5.75. The van der Waals surface area contributed by atoms with Crippen LogP contribution in [-0.4, -0.2) is 36.5 Å². The van der Waals surface area contributed by atoms with Gasteiger partial charge >= 0.3 is 5.97 Å². The topological polar surface area (TPSA) is 46.6 Å². The number of carbonyl (C=O) groups is 2. The number of methoxy groups -OCH3 is 1. The molecule has 1 saturated heterocycles. The van der Waals surface area contributed by atoms with E-state index >= 15 is 0 Å². The maximum Gasteiger partial charge on any atom is 0.328 e. The van der Waals surface area contributed by atoms with Gasteiger partial charge in [0.2, 0.25) is 5.91 Å². The van der Waals surface area contributed by atoms with Crippen LogP contribution in [0.2, 0.25) is 0 Å². The standard InChI is InChI=1S/C15H25NO3/c1-19-15(18)13-10-7-11-16(13)14(17)12-8-5-3-2-4-6-9-12/h12-13H,2-11H2,1H3. The molecule has 1 saturated carbocycles. The van der Waals surface area contributed by atoms with Crippen LogP contribution >= 0.6 is 0 Å². The van der Waals surface area contributed by atoms with Crippen LogP contribution in [0.5, 0.6) is 0 Å². The number of esters is 1. The minimum absolute atomic E-state index is 0.130. The summed E-state index contributed by atoms with van der Waals surface area (Å²) in [5.41, 5.74) is 0. The largest absolute Gasteiger partial charge is 0.467 e. The van der Waals surface area contributed by atoms with Gasteiger partial charge in [0.05, 0.1) is 7.11 Å². The maximum atomic E-state index is 12.6. The Morgan fingerprint density at radius 1 is 0.947 bits per heavy atom. The molecule has 2 fully saturated rings. The molecule has 0 spiro atoms. The fraction of sp³-hybridized carbons (Fsp3) is 0.867. The van der Waals surface area contributed by atoms with Crippen molar-refractivity contribution in [3.8, 4) is 0 Å². The number of carbonyl (C=O) groups excluding carboxylic acids is 2. The summed E-state index contributed by atoms with van der Waals surface area (Å²) < 4.78 is 4.81. The average molecular weight is 267 g/mol. The Bertz CT molecular complexity index is 321. The third-order valence-electron chi connectivity index (χ3n) is 4.46. The van der Waals surface area contributed by atoms with E-state index in [1.165, 1.54) is 26.4 Å². The molecule has 0 aromatic heterocycles. The van der Waals surface area contributed by atoms with Gasteiger partial charge in [0.25, 0.3) is 0 Å². The summed E-state index contributed by atoms with van der Waals surface area (Å²) in [5.74, 6) is 0.0667. The van der Waals surface area contributed by atoms with Crippen molar-refractivity contribution in [2.75, 3.05) is 13.7 Å². The van der Waals surface area contributed by atoms with Crippen molar-refractivity contribution in [3.05, 3.63) is 0 Å². The number of rotatable bonds is 2. The van der Waals surface area contributed by atoms with Crippen molar-refractivity contribution >= 4 is 11.9 Å². The molecule has 0 radical (unpaired) electrons. The fourth-order valence-electron chi connectivity index (χ4n) is 3.35. The van der Waals surface area contributed by atoms with Gasteiger partial charge in [-0.25, -0.2) is 4.79 Å². The molecule has 0 N–H and O–H groups in total. The highest BCUT2D eigenvalue weighted by molar-refractivity contribution is 5.86. The molecule has 1 aliphatic carbocycles. The summed E-state index contributed by atoms with van der Waals surface area (Å²) in [5, 5.41) is 0. The number of amides is 1. The Morgan fingerprint density at radius 2 is 1.58 bits per heavy atom.